The summed E-state index contributed by atoms with van der Waals surface area (Å²) in [5.74, 6) is 0.328. The number of pyridine rings is 1. The van der Waals surface area contributed by atoms with Gasteiger partial charge in [-0.25, -0.2) is 0 Å². The van der Waals surface area contributed by atoms with Crippen LogP contribution < -0.4 is 0 Å². The molecule has 1 saturated heterocycles. The largest absolute Gasteiger partial charge is 0.418 e. The maximum absolute atomic E-state index is 13.2. The Morgan fingerprint density at radius 3 is 2.67 bits per heavy atom. The van der Waals surface area contributed by atoms with E-state index < -0.39 is 11.7 Å². The molecule has 0 spiro atoms. The number of carbonyl (C=O) groups excluding carboxylic acids is 1. The zero-order chi connectivity index (χ0) is 17.5. The van der Waals surface area contributed by atoms with Crippen molar-refractivity contribution in [2.45, 2.75) is 32.4 Å². The average molecular weight is 336 g/mol. The van der Waals surface area contributed by atoms with E-state index in [2.05, 4.69) is 11.9 Å². The predicted octanol–water partition coefficient (Wildman–Crippen LogP) is 4.23. The molecule has 24 heavy (non-hydrogen) atoms. The fourth-order valence-electron chi connectivity index (χ4n) is 3.61. The Morgan fingerprint density at radius 1 is 1.25 bits per heavy atom. The van der Waals surface area contributed by atoms with Gasteiger partial charge in [0.25, 0.3) is 0 Å². The molecule has 0 radical (unpaired) electrons. The first kappa shape index (κ1) is 16.7. The number of piperidine rings is 1. The van der Waals surface area contributed by atoms with E-state index in [1.54, 1.807) is 23.1 Å². The third-order valence-corrected chi connectivity index (χ3v) is 4.65. The molecule has 1 aromatic carbocycles. The van der Waals surface area contributed by atoms with E-state index in [1.807, 2.05) is 0 Å². The first-order chi connectivity index (χ1) is 11.3. The Hall–Kier alpha value is -2.11. The van der Waals surface area contributed by atoms with Gasteiger partial charge in [-0.15, -0.1) is 0 Å². The van der Waals surface area contributed by atoms with Crippen LogP contribution >= 0.6 is 0 Å². The van der Waals surface area contributed by atoms with Crippen molar-refractivity contribution in [3.63, 3.8) is 0 Å². The van der Waals surface area contributed by atoms with Crippen molar-refractivity contribution in [2.75, 3.05) is 13.1 Å². The fraction of sp³-hybridized carbons (Fsp3) is 0.444. The van der Waals surface area contributed by atoms with E-state index in [1.165, 1.54) is 13.1 Å². The molecule has 2 aromatic rings. The van der Waals surface area contributed by atoms with Crippen molar-refractivity contribution in [1.82, 2.24) is 9.88 Å². The van der Waals surface area contributed by atoms with Gasteiger partial charge in [0.1, 0.15) is 0 Å². The van der Waals surface area contributed by atoms with Crippen molar-refractivity contribution in [3.05, 3.63) is 41.6 Å². The van der Waals surface area contributed by atoms with Crippen LogP contribution in [-0.2, 0) is 11.0 Å². The molecule has 2 heterocycles. The second-order valence-electron chi connectivity index (χ2n) is 6.56. The number of nitrogens with zero attached hydrogens (tertiary/aromatic N) is 2. The lowest BCUT2D eigenvalue weighted by molar-refractivity contribution is -0.136. The van der Waals surface area contributed by atoms with Gasteiger partial charge in [-0.1, -0.05) is 19.1 Å². The monoisotopic (exact) mass is 336 g/mol. The maximum atomic E-state index is 13.2. The molecule has 0 bridgehead atoms. The van der Waals surface area contributed by atoms with E-state index in [4.69, 9.17) is 0 Å². The van der Waals surface area contributed by atoms with Crippen LogP contribution in [0.15, 0.2) is 30.5 Å². The average Bonchev–Trinajstić information content (AvgIpc) is 2.52. The molecule has 1 amide bonds. The summed E-state index contributed by atoms with van der Waals surface area (Å²) in [5, 5.41) is 0.523. The van der Waals surface area contributed by atoms with Crippen LogP contribution in [-0.4, -0.2) is 28.9 Å². The smallest absolute Gasteiger partial charge is 0.342 e. The molecule has 0 saturated carbocycles. The second-order valence-corrected chi connectivity index (χ2v) is 6.56. The Bertz CT molecular complexity index is 772. The van der Waals surface area contributed by atoms with Crippen LogP contribution in [0.25, 0.3) is 10.9 Å². The molecule has 3 nitrogen and oxygen atoms in total. The number of hydrogen-bond donors (Lipinski definition) is 0. The third-order valence-electron chi connectivity index (χ3n) is 4.65. The molecule has 128 valence electrons. The van der Waals surface area contributed by atoms with Gasteiger partial charge >= 0.3 is 6.18 Å². The van der Waals surface area contributed by atoms with Crippen LogP contribution in [0.2, 0.25) is 0 Å². The minimum atomic E-state index is -4.43. The number of hydrogen-bond acceptors (Lipinski definition) is 2. The first-order valence-corrected chi connectivity index (χ1v) is 7.97. The van der Waals surface area contributed by atoms with Gasteiger partial charge in [0.2, 0.25) is 5.91 Å². The summed E-state index contributed by atoms with van der Waals surface area (Å²) in [6, 6.07) is 6.00. The summed E-state index contributed by atoms with van der Waals surface area (Å²) >= 11 is 0. The van der Waals surface area contributed by atoms with Gasteiger partial charge in [0.15, 0.2) is 0 Å². The topological polar surface area (TPSA) is 33.2 Å². The van der Waals surface area contributed by atoms with Crippen molar-refractivity contribution in [1.29, 1.82) is 0 Å². The van der Waals surface area contributed by atoms with Gasteiger partial charge in [-0.05, 0) is 30.0 Å². The SMILES string of the molecule is CC(=O)N1CC(C)CC(c2ccc(C(F)(F)F)c3ncccc23)C1. The van der Waals surface area contributed by atoms with Crippen LogP contribution in [0.5, 0.6) is 0 Å². The van der Waals surface area contributed by atoms with Crippen LogP contribution in [0, 0.1) is 5.92 Å². The van der Waals surface area contributed by atoms with Crippen LogP contribution in [0.1, 0.15) is 37.3 Å². The zero-order valence-electron chi connectivity index (χ0n) is 13.6. The Kier molecular flexibility index (Phi) is 4.24. The normalized spacial score (nSPS) is 22.0. The van der Waals surface area contributed by atoms with Gasteiger partial charge < -0.3 is 4.90 Å². The van der Waals surface area contributed by atoms with Crippen molar-refractivity contribution < 1.29 is 18.0 Å². The van der Waals surface area contributed by atoms with E-state index in [9.17, 15) is 18.0 Å². The highest BCUT2D eigenvalue weighted by atomic mass is 19.4. The van der Waals surface area contributed by atoms with Crippen molar-refractivity contribution in [3.8, 4) is 0 Å². The zero-order valence-corrected chi connectivity index (χ0v) is 13.6. The highest BCUT2D eigenvalue weighted by molar-refractivity contribution is 5.86. The van der Waals surface area contributed by atoms with Crippen LogP contribution in [0.4, 0.5) is 13.2 Å². The van der Waals surface area contributed by atoms with Crippen molar-refractivity contribution >= 4 is 16.8 Å². The molecule has 2 unspecified atom stereocenters. The minimum absolute atomic E-state index is 0.000826. The fourth-order valence-corrected chi connectivity index (χ4v) is 3.61. The summed E-state index contributed by atoms with van der Waals surface area (Å²) in [4.78, 5) is 17.5. The van der Waals surface area contributed by atoms with Crippen LogP contribution in [0.3, 0.4) is 0 Å². The summed E-state index contributed by atoms with van der Waals surface area (Å²) in [5.41, 5.74) is 0.105. The highest BCUT2D eigenvalue weighted by Gasteiger charge is 2.35. The molecule has 6 heteroatoms. The Balaban J connectivity index is 2.09. The lowest BCUT2D eigenvalue weighted by Crippen LogP contribution is -2.41. The van der Waals surface area contributed by atoms with Gasteiger partial charge in [0, 0.05) is 37.5 Å². The number of likely N-dealkylation sites (tertiary alicyclic amines) is 1. The highest BCUT2D eigenvalue weighted by Crippen LogP contribution is 2.39. The third kappa shape index (κ3) is 3.09. The predicted molar refractivity (Wildman–Crippen MR) is 85.5 cm³/mol. The Morgan fingerprint density at radius 2 is 2.00 bits per heavy atom. The molecule has 3 rings (SSSR count). The number of alkyl halides is 3. The lowest BCUT2D eigenvalue weighted by Gasteiger charge is -2.36. The van der Waals surface area contributed by atoms with Crippen molar-refractivity contribution in [2.24, 2.45) is 5.92 Å². The number of fused-ring (bicyclic) bond motifs is 1. The molecule has 1 aromatic heterocycles. The number of carbonyl (C=O) groups is 1. The quantitative estimate of drug-likeness (QED) is 0.781. The minimum Gasteiger partial charge on any atom is -0.342 e. The standard InChI is InChI=1S/C18H19F3N2O/c1-11-8-13(10-23(9-11)12(2)24)14-5-6-16(18(19,20)21)17-15(14)4-3-7-22-17/h3-7,11,13H,8-10H2,1-2H3. The van der Waals surface area contributed by atoms with Gasteiger partial charge in [0.05, 0.1) is 11.1 Å². The Labute approximate surface area is 138 Å². The summed E-state index contributed by atoms with van der Waals surface area (Å²) < 4.78 is 39.7. The first-order valence-electron chi connectivity index (χ1n) is 7.97. The van der Waals surface area contributed by atoms with Gasteiger partial charge in [-0.3, -0.25) is 9.78 Å². The molecule has 1 fully saturated rings. The number of amides is 1. The van der Waals surface area contributed by atoms with E-state index in [0.29, 0.717) is 24.4 Å². The maximum Gasteiger partial charge on any atom is 0.418 e. The summed E-state index contributed by atoms with van der Waals surface area (Å²) in [6.07, 6.45) is -2.21. The number of halogens is 3. The van der Waals surface area contributed by atoms with E-state index in [0.717, 1.165) is 18.1 Å². The van der Waals surface area contributed by atoms with Gasteiger partial charge in [-0.2, -0.15) is 13.2 Å². The molecular weight excluding hydrogens is 317 g/mol. The lowest BCUT2D eigenvalue weighted by atomic mass is 9.83. The molecule has 2 atom stereocenters. The number of benzene rings is 1. The second kappa shape index (κ2) is 6.07. The van der Waals surface area contributed by atoms with E-state index >= 15 is 0 Å². The summed E-state index contributed by atoms with van der Waals surface area (Å²) in [7, 11) is 0. The number of aromatic nitrogens is 1. The number of rotatable bonds is 1. The van der Waals surface area contributed by atoms with E-state index in [-0.39, 0.29) is 17.3 Å². The molecule has 0 N–H and O–H groups in total. The molecular formula is C18H19F3N2O. The molecule has 1 aliphatic heterocycles. The molecule has 1 aliphatic rings. The summed E-state index contributed by atoms with van der Waals surface area (Å²) in [6.45, 7) is 4.83. The molecule has 0 aliphatic carbocycles.